The summed E-state index contributed by atoms with van der Waals surface area (Å²) < 4.78 is 6.96. The largest absolute Gasteiger partial charge is 0.469 e. The number of piperidine rings is 1. The van der Waals surface area contributed by atoms with Gasteiger partial charge in [0.25, 0.3) is 0 Å². The van der Waals surface area contributed by atoms with E-state index in [2.05, 4.69) is 20.1 Å². The molecule has 25 heavy (non-hydrogen) atoms. The van der Waals surface area contributed by atoms with Gasteiger partial charge in [0, 0.05) is 32.1 Å². The van der Waals surface area contributed by atoms with E-state index in [9.17, 15) is 9.59 Å². The maximum Gasteiger partial charge on any atom is 0.309 e. The van der Waals surface area contributed by atoms with Crippen LogP contribution >= 0.6 is 12.4 Å². The highest BCUT2D eigenvalue weighted by atomic mass is 35.5. The van der Waals surface area contributed by atoms with Gasteiger partial charge in [0.05, 0.1) is 25.5 Å². The first-order valence-corrected chi connectivity index (χ1v) is 8.68. The van der Waals surface area contributed by atoms with Crippen molar-refractivity contribution in [3.05, 3.63) is 11.6 Å². The Morgan fingerprint density at radius 3 is 2.64 bits per heavy atom. The number of rotatable bonds is 3. The summed E-state index contributed by atoms with van der Waals surface area (Å²) in [6, 6.07) is 0. The summed E-state index contributed by atoms with van der Waals surface area (Å²) in [6.07, 6.45) is 2.45. The number of carbonyl (C=O) groups excluding carboxylic acids is 2. The number of carbonyl (C=O) groups is 2. The third-order valence-electron chi connectivity index (χ3n) is 5.43. The number of nitrogens with one attached hydrogen (secondary N) is 1. The van der Waals surface area contributed by atoms with E-state index < -0.39 is 0 Å². The molecule has 8 nitrogen and oxygen atoms in total. The topological polar surface area (TPSA) is 89.4 Å². The highest BCUT2D eigenvalue weighted by Gasteiger charge is 2.50. The Bertz CT molecular complexity index is 656. The molecule has 1 aromatic rings. The van der Waals surface area contributed by atoms with Gasteiger partial charge in [-0.15, -0.1) is 22.6 Å². The molecule has 1 aliphatic carbocycles. The maximum absolute atomic E-state index is 12.5. The van der Waals surface area contributed by atoms with Gasteiger partial charge >= 0.3 is 5.97 Å². The van der Waals surface area contributed by atoms with E-state index in [1.807, 2.05) is 4.90 Å². The van der Waals surface area contributed by atoms with Crippen LogP contribution in [0.1, 0.15) is 36.8 Å². The molecule has 2 fully saturated rings. The van der Waals surface area contributed by atoms with E-state index in [0.29, 0.717) is 12.3 Å². The summed E-state index contributed by atoms with van der Waals surface area (Å²) in [6.45, 7) is 4.11. The van der Waals surface area contributed by atoms with E-state index in [4.69, 9.17) is 4.74 Å². The number of aromatic nitrogens is 3. The van der Waals surface area contributed by atoms with Crippen molar-refractivity contribution in [3.63, 3.8) is 0 Å². The van der Waals surface area contributed by atoms with Gasteiger partial charge in [0.1, 0.15) is 11.6 Å². The van der Waals surface area contributed by atoms with Crippen molar-refractivity contribution in [2.45, 2.75) is 38.3 Å². The number of methoxy groups -OCH3 is 1. The van der Waals surface area contributed by atoms with Crippen LogP contribution in [0, 0.1) is 11.8 Å². The standard InChI is InChI=1S/C16H23N5O3.ClH/c1-24-16(23)12-8-11(12)15(22)20-5-2-10(3-6-20)14-19-18-13-9-17-4-7-21(13)14;/h10-12,17H,2-9H2,1H3;1H. The number of esters is 1. The zero-order valence-corrected chi connectivity index (χ0v) is 15.1. The van der Waals surface area contributed by atoms with Gasteiger partial charge in [-0.05, 0) is 19.3 Å². The van der Waals surface area contributed by atoms with Crippen molar-refractivity contribution < 1.29 is 14.3 Å². The molecule has 4 rings (SSSR count). The molecule has 0 spiro atoms. The predicted molar refractivity (Wildman–Crippen MR) is 91.1 cm³/mol. The molecule has 3 aliphatic rings. The molecule has 1 amide bonds. The van der Waals surface area contributed by atoms with Gasteiger partial charge in [-0.25, -0.2) is 0 Å². The van der Waals surface area contributed by atoms with Crippen LogP contribution in [0.3, 0.4) is 0 Å². The molecule has 0 radical (unpaired) electrons. The first-order valence-electron chi connectivity index (χ1n) is 8.68. The highest BCUT2D eigenvalue weighted by Crippen LogP contribution is 2.41. The number of amides is 1. The highest BCUT2D eigenvalue weighted by molar-refractivity contribution is 5.90. The molecular weight excluding hydrogens is 346 g/mol. The van der Waals surface area contributed by atoms with Crippen LogP contribution in [0.5, 0.6) is 0 Å². The lowest BCUT2D eigenvalue weighted by atomic mass is 9.95. The molecule has 1 saturated heterocycles. The van der Waals surface area contributed by atoms with Crippen LogP contribution in [0.2, 0.25) is 0 Å². The molecule has 1 saturated carbocycles. The fourth-order valence-electron chi connectivity index (χ4n) is 3.89. The number of hydrogen-bond acceptors (Lipinski definition) is 6. The Labute approximate surface area is 152 Å². The number of halogens is 1. The zero-order chi connectivity index (χ0) is 16.7. The Hall–Kier alpha value is -1.67. The third kappa shape index (κ3) is 3.37. The zero-order valence-electron chi connectivity index (χ0n) is 14.3. The first-order chi connectivity index (χ1) is 11.7. The van der Waals surface area contributed by atoms with Gasteiger partial charge in [-0.1, -0.05) is 0 Å². The molecule has 138 valence electrons. The van der Waals surface area contributed by atoms with Gasteiger partial charge in [0.15, 0.2) is 0 Å². The monoisotopic (exact) mass is 369 g/mol. The smallest absolute Gasteiger partial charge is 0.309 e. The van der Waals surface area contributed by atoms with Crippen molar-refractivity contribution in [2.75, 3.05) is 26.7 Å². The molecule has 2 unspecified atom stereocenters. The molecule has 2 atom stereocenters. The van der Waals surface area contributed by atoms with Crippen molar-refractivity contribution in [1.82, 2.24) is 25.0 Å². The molecule has 2 aliphatic heterocycles. The molecule has 1 N–H and O–H groups in total. The van der Waals surface area contributed by atoms with Crippen LogP contribution in [0.15, 0.2) is 0 Å². The van der Waals surface area contributed by atoms with E-state index in [0.717, 1.165) is 57.2 Å². The minimum absolute atomic E-state index is 0. The van der Waals surface area contributed by atoms with Crippen molar-refractivity contribution in [1.29, 1.82) is 0 Å². The van der Waals surface area contributed by atoms with E-state index in [1.54, 1.807) is 0 Å². The molecule has 0 aromatic carbocycles. The number of ether oxygens (including phenoxy) is 1. The van der Waals surface area contributed by atoms with Gasteiger partial charge in [0.2, 0.25) is 5.91 Å². The number of hydrogen-bond donors (Lipinski definition) is 1. The third-order valence-corrected chi connectivity index (χ3v) is 5.43. The Morgan fingerprint density at radius 2 is 1.92 bits per heavy atom. The lowest BCUT2D eigenvalue weighted by molar-refractivity contribution is -0.145. The van der Waals surface area contributed by atoms with E-state index in [-0.39, 0.29) is 36.1 Å². The van der Waals surface area contributed by atoms with Crippen molar-refractivity contribution in [2.24, 2.45) is 11.8 Å². The van der Waals surface area contributed by atoms with Crippen LogP contribution in [-0.2, 0) is 27.4 Å². The normalized spacial score (nSPS) is 25.7. The van der Waals surface area contributed by atoms with E-state index >= 15 is 0 Å². The Balaban J connectivity index is 0.00000182. The molecule has 0 bridgehead atoms. The van der Waals surface area contributed by atoms with Gasteiger partial charge in [-0.2, -0.15) is 0 Å². The molecule has 1 aromatic heterocycles. The average molecular weight is 370 g/mol. The fourth-order valence-corrected chi connectivity index (χ4v) is 3.89. The second-order valence-corrected chi connectivity index (χ2v) is 6.87. The average Bonchev–Trinajstić information content (AvgIpc) is 3.32. The van der Waals surface area contributed by atoms with Crippen molar-refractivity contribution in [3.8, 4) is 0 Å². The summed E-state index contributed by atoms with van der Waals surface area (Å²) >= 11 is 0. The van der Waals surface area contributed by atoms with E-state index in [1.165, 1.54) is 7.11 Å². The van der Waals surface area contributed by atoms with Crippen LogP contribution in [-0.4, -0.2) is 58.3 Å². The lowest BCUT2D eigenvalue weighted by Crippen LogP contribution is -2.40. The quantitative estimate of drug-likeness (QED) is 0.772. The lowest BCUT2D eigenvalue weighted by Gasteiger charge is -2.32. The molecule has 9 heteroatoms. The minimum atomic E-state index is -0.257. The number of nitrogens with zero attached hydrogens (tertiary/aromatic N) is 4. The Kier molecular flexibility index (Phi) is 5.29. The van der Waals surface area contributed by atoms with Crippen LogP contribution in [0.4, 0.5) is 0 Å². The van der Waals surface area contributed by atoms with Gasteiger partial charge < -0.3 is 19.5 Å². The first kappa shape index (κ1) is 18.1. The van der Waals surface area contributed by atoms with Crippen molar-refractivity contribution >= 4 is 24.3 Å². The SMILES string of the molecule is COC(=O)C1CC1C(=O)N1CCC(c2nnc3n2CCNC3)CC1.Cl. The Morgan fingerprint density at radius 1 is 1.16 bits per heavy atom. The number of likely N-dealkylation sites (tertiary alicyclic amines) is 1. The maximum atomic E-state index is 12.5. The second-order valence-electron chi connectivity index (χ2n) is 6.87. The summed E-state index contributed by atoms with van der Waals surface area (Å²) in [5, 5.41) is 12.0. The summed E-state index contributed by atoms with van der Waals surface area (Å²) in [7, 11) is 1.38. The van der Waals surface area contributed by atoms with Crippen LogP contribution < -0.4 is 5.32 Å². The molecular formula is C16H24ClN5O3. The second kappa shape index (κ2) is 7.29. The summed E-state index contributed by atoms with van der Waals surface area (Å²) in [5.74, 6) is 1.90. The van der Waals surface area contributed by atoms with Crippen LogP contribution in [0.25, 0.3) is 0 Å². The van der Waals surface area contributed by atoms with Gasteiger partial charge in [-0.3, -0.25) is 9.59 Å². The predicted octanol–water partition coefficient (Wildman–Crippen LogP) is 0.318. The minimum Gasteiger partial charge on any atom is -0.469 e. The summed E-state index contributed by atoms with van der Waals surface area (Å²) in [4.78, 5) is 25.9. The fraction of sp³-hybridized carbons (Fsp3) is 0.750. The summed E-state index contributed by atoms with van der Waals surface area (Å²) in [5.41, 5.74) is 0. The molecule has 3 heterocycles. The number of fused-ring (bicyclic) bond motifs is 1.